The number of alkyl carbamates (subject to hydrolysis) is 1. The molecule has 0 saturated carbocycles. The lowest BCUT2D eigenvalue weighted by molar-refractivity contribution is 0.0356. The number of fused-ring (bicyclic) bond motifs is 1. The Kier molecular flexibility index (Phi) is 7.06. The number of carbonyl (C=O) groups excluding carboxylic acids is 1. The minimum absolute atomic E-state index is 0.0541. The summed E-state index contributed by atoms with van der Waals surface area (Å²) in [6.07, 6.45) is -3.01. The molecule has 32 heavy (non-hydrogen) atoms. The van der Waals surface area contributed by atoms with Gasteiger partial charge in [0.15, 0.2) is 6.35 Å². The van der Waals surface area contributed by atoms with E-state index in [4.69, 9.17) is 16.3 Å². The van der Waals surface area contributed by atoms with Crippen LogP contribution >= 0.6 is 11.6 Å². The van der Waals surface area contributed by atoms with Crippen molar-refractivity contribution in [2.75, 3.05) is 16.8 Å². The predicted octanol–water partition coefficient (Wildman–Crippen LogP) is 1.70. The van der Waals surface area contributed by atoms with Crippen LogP contribution in [0.2, 0.25) is 5.15 Å². The van der Waals surface area contributed by atoms with Crippen LogP contribution in [-0.4, -0.2) is 56.1 Å². The van der Waals surface area contributed by atoms with E-state index < -0.39 is 30.5 Å². The summed E-state index contributed by atoms with van der Waals surface area (Å²) in [6, 6.07) is 5.07. The van der Waals surface area contributed by atoms with E-state index in [-0.39, 0.29) is 23.1 Å². The number of pyridine rings is 2. The van der Waals surface area contributed by atoms with Crippen molar-refractivity contribution >= 4 is 35.0 Å². The minimum atomic E-state index is -1.32. The number of rotatable bonds is 5. The van der Waals surface area contributed by atoms with Crippen LogP contribution in [-0.2, 0) is 4.74 Å². The van der Waals surface area contributed by atoms with E-state index >= 15 is 0 Å². The molecule has 11 nitrogen and oxygen atoms in total. The third-order valence-corrected chi connectivity index (χ3v) is 4.64. The SMILES string of the molecule is Cc1cccnc1N1c2cc(Cl)nc(NC(O)CNC(=O)OC(C)(C)C)c2C(O)NC1O. The van der Waals surface area contributed by atoms with Crippen LogP contribution in [0.25, 0.3) is 0 Å². The van der Waals surface area contributed by atoms with Crippen LogP contribution in [0, 0.1) is 6.92 Å². The first kappa shape index (κ1) is 24.0. The molecule has 174 valence electrons. The third kappa shape index (κ3) is 5.56. The first-order valence-electron chi connectivity index (χ1n) is 9.91. The molecule has 6 N–H and O–H groups in total. The topological polar surface area (TPSA) is 152 Å². The number of aromatic nitrogens is 2. The van der Waals surface area contributed by atoms with E-state index in [2.05, 4.69) is 25.9 Å². The van der Waals surface area contributed by atoms with Crippen molar-refractivity contribution < 1.29 is 24.9 Å². The second-order valence-corrected chi connectivity index (χ2v) is 8.61. The number of amides is 1. The zero-order chi connectivity index (χ0) is 23.6. The number of nitrogens with one attached hydrogen (secondary N) is 3. The molecule has 1 aliphatic heterocycles. The van der Waals surface area contributed by atoms with Gasteiger partial charge in [0.25, 0.3) is 0 Å². The fraction of sp³-hybridized carbons (Fsp3) is 0.450. The van der Waals surface area contributed by atoms with Gasteiger partial charge in [0.2, 0.25) is 0 Å². The molecular formula is C20H27ClN6O5. The maximum absolute atomic E-state index is 11.8. The van der Waals surface area contributed by atoms with E-state index in [9.17, 15) is 20.1 Å². The molecule has 0 bridgehead atoms. The summed E-state index contributed by atoms with van der Waals surface area (Å²) >= 11 is 6.20. The van der Waals surface area contributed by atoms with E-state index in [0.717, 1.165) is 5.56 Å². The molecule has 0 aromatic carbocycles. The predicted molar refractivity (Wildman–Crippen MR) is 118 cm³/mol. The largest absolute Gasteiger partial charge is 0.444 e. The van der Waals surface area contributed by atoms with Crippen LogP contribution < -0.4 is 20.9 Å². The summed E-state index contributed by atoms with van der Waals surface area (Å²) in [5, 5.41) is 39.4. The highest BCUT2D eigenvalue weighted by Crippen LogP contribution is 2.41. The van der Waals surface area contributed by atoms with Crippen molar-refractivity contribution in [3.05, 3.63) is 40.7 Å². The number of carbonyl (C=O) groups is 1. The molecule has 2 aromatic heterocycles. The Bertz CT molecular complexity index is 985. The van der Waals surface area contributed by atoms with E-state index in [1.54, 1.807) is 33.0 Å². The van der Waals surface area contributed by atoms with Crippen molar-refractivity contribution in [1.82, 2.24) is 20.6 Å². The van der Waals surface area contributed by atoms with E-state index in [1.807, 2.05) is 13.0 Å². The average Bonchev–Trinajstić information content (AvgIpc) is 2.66. The smallest absolute Gasteiger partial charge is 0.407 e. The van der Waals surface area contributed by atoms with Crippen LogP contribution in [0.4, 0.5) is 22.1 Å². The van der Waals surface area contributed by atoms with Crippen LogP contribution in [0.15, 0.2) is 24.4 Å². The summed E-state index contributed by atoms with van der Waals surface area (Å²) < 4.78 is 5.13. The van der Waals surface area contributed by atoms with Crippen molar-refractivity contribution in [3.63, 3.8) is 0 Å². The van der Waals surface area contributed by atoms with Gasteiger partial charge >= 0.3 is 6.09 Å². The first-order chi connectivity index (χ1) is 15.0. The maximum atomic E-state index is 11.8. The van der Waals surface area contributed by atoms with Gasteiger partial charge in [-0.15, -0.1) is 0 Å². The zero-order valence-corrected chi connectivity index (χ0v) is 18.9. The van der Waals surface area contributed by atoms with Gasteiger partial charge in [-0.05, 0) is 45.4 Å². The molecule has 3 atom stereocenters. The molecule has 0 radical (unpaired) electrons. The van der Waals surface area contributed by atoms with Crippen molar-refractivity contribution in [2.45, 2.75) is 52.1 Å². The summed E-state index contributed by atoms with van der Waals surface area (Å²) in [7, 11) is 0. The number of anilines is 3. The van der Waals surface area contributed by atoms with Crippen molar-refractivity contribution in [3.8, 4) is 0 Å². The molecule has 0 saturated heterocycles. The number of ether oxygens (including phenoxy) is 1. The van der Waals surface area contributed by atoms with Crippen molar-refractivity contribution in [2.24, 2.45) is 0 Å². The molecular weight excluding hydrogens is 440 g/mol. The van der Waals surface area contributed by atoms with Gasteiger partial charge in [-0.2, -0.15) is 0 Å². The Labute approximate surface area is 190 Å². The second-order valence-electron chi connectivity index (χ2n) is 8.23. The Hall–Kier alpha value is -2.70. The third-order valence-electron chi connectivity index (χ3n) is 4.44. The normalized spacial score (nSPS) is 19.2. The quantitative estimate of drug-likeness (QED) is 0.283. The molecule has 0 aliphatic carbocycles. The number of aliphatic hydroxyl groups is 3. The van der Waals surface area contributed by atoms with Crippen molar-refractivity contribution in [1.29, 1.82) is 0 Å². The summed E-state index contributed by atoms with van der Waals surface area (Å²) in [5.74, 6) is 0.512. The molecule has 0 fully saturated rings. The lowest BCUT2D eigenvalue weighted by Crippen LogP contribution is -2.50. The van der Waals surface area contributed by atoms with Gasteiger partial charge in [-0.1, -0.05) is 17.7 Å². The molecule has 0 spiro atoms. The Morgan fingerprint density at radius 2 is 2.12 bits per heavy atom. The highest BCUT2D eigenvalue weighted by atomic mass is 35.5. The van der Waals surface area contributed by atoms with Gasteiger partial charge in [-0.3, -0.25) is 4.90 Å². The molecule has 1 amide bonds. The Morgan fingerprint density at radius 1 is 1.41 bits per heavy atom. The molecule has 1 aliphatic rings. The number of halogens is 1. The average molecular weight is 467 g/mol. The molecule has 3 rings (SSSR count). The first-order valence-corrected chi connectivity index (χ1v) is 10.3. The number of hydrogen-bond acceptors (Lipinski definition) is 10. The number of hydrogen-bond donors (Lipinski definition) is 6. The van der Waals surface area contributed by atoms with Crippen LogP contribution in [0.3, 0.4) is 0 Å². The maximum Gasteiger partial charge on any atom is 0.407 e. The molecule has 3 unspecified atom stereocenters. The standard InChI is InChI=1S/C20H27ClN6O5/c1-10-6-5-7-22-16(10)27-11-8-12(21)24-15(14(11)17(29)26-18(27)30)25-13(28)9-23-19(31)32-20(2,3)4/h5-8,13,17-18,26,28-30H,9H2,1-4H3,(H,23,31)(H,24,25). The fourth-order valence-electron chi connectivity index (χ4n) is 3.18. The van der Waals surface area contributed by atoms with Gasteiger partial charge in [0, 0.05) is 6.20 Å². The molecule has 3 heterocycles. The van der Waals surface area contributed by atoms with Gasteiger partial charge in [-0.25, -0.2) is 20.1 Å². The second kappa shape index (κ2) is 9.43. The summed E-state index contributed by atoms with van der Waals surface area (Å²) in [6.45, 7) is 6.80. The summed E-state index contributed by atoms with van der Waals surface area (Å²) in [5.41, 5.74) is 0.681. The number of aliphatic hydroxyl groups excluding tert-OH is 3. The monoisotopic (exact) mass is 466 g/mol. The lowest BCUT2D eigenvalue weighted by atomic mass is 10.1. The number of aryl methyl sites for hydroxylation is 1. The Balaban J connectivity index is 1.87. The summed E-state index contributed by atoms with van der Waals surface area (Å²) in [4.78, 5) is 21.8. The Morgan fingerprint density at radius 3 is 2.78 bits per heavy atom. The van der Waals surface area contributed by atoms with Crippen LogP contribution in [0.5, 0.6) is 0 Å². The zero-order valence-electron chi connectivity index (χ0n) is 18.1. The highest BCUT2D eigenvalue weighted by molar-refractivity contribution is 6.29. The lowest BCUT2D eigenvalue weighted by Gasteiger charge is -2.39. The minimum Gasteiger partial charge on any atom is -0.444 e. The molecule has 12 heteroatoms. The van der Waals surface area contributed by atoms with Gasteiger partial charge < -0.3 is 30.7 Å². The fourth-order valence-corrected chi connectivity index (χ4v) is 3.37. The van der Waals surface area contributed by atoms with Gasteiger partial charge in [0.1, 0.15) is 34.8 Å². The number of nitrogens with zero attached hydrogens (tertiary/aromatic N) is 3. The highest BCUT2D eigenvalue weighted by Gasteiger charge is 2.35. The van der Waals surface area contributed by atoms with Gasteiger partial charge in [0.05, 0.1) is 17.8 Å². The van der Waals surface area contributed by atoms with E-state index in [1.165, 1.54) is 11.0 Å². The molecule has 2 aromatic rings. The van der Waals surface area contributed by atoms with E-state index in [0.29, 0.717) is 11.5 Å². The van der Waals surface area contributed by atoms with Crippen LogP contribution in [0.1, 0.15) is 38.1 Å².